The van der Waals surface area contributed by atoms with Crippen molar-refractivity contribution in [1.82, 2.24) is 4.90 Å². The lowest BCUT2D eigenvalue weighted by Gasteiger charge is -2.60. The number of rotatable bonds is 5. The van der Waals surface area contributed by atoms with E-state index in [1.165, 1.54) is 51.4 Å². The van der Waals surface area contributed by atoms with E-state index < -0.39 is 0 Å². The van der Waals surface area contributed by atoms with Crippen LogP contribution < -0.4 is 0 Å². The standard InChI is InChI=1S/C29H45NO3/c1-20(31)24-9-10-25-23-8-7-21-19-22(33-27(32)13-18-30-16-5-4-6-17-30)11-14-28(21,2)26(23)12-15-29(24,25)3/h9,21-23,25-26H,4-8,10-19H2,1-3H3/t21-,22-,23-,25+,26+,28-,29+/m0/s1. The number of carbonyl (C=O) groups is 2. The molecule has 5 rings (SSSR count). The molecule has 1 saturated heterocycles. The van der Waals surface area contributed by atoms with Gasteiger partial charge in [-0.25, -0.2) is 0 Å². The minimum absolute atomic E-state index is 0.0186. The summed E-state index contributed by atoms with van der Waals surface area (Å²) < 4.78 is 6.03. The Bertz CT molecular complexity index is 799. The first-order valence-electron chi connectivity index (χ1n) is 13.9. The number of nitrogens with zero attached hydrogens (tertiary/aromatic N) is 1. The van der Waals surface area contributed by atoms with Crippen molar-refractivity contribution in [3.63, 3.8) is 0 Å². The number of fused-ring (bicyclic) bond motifs is 5. The third kappa shape index (κ3) is 4.23. The van der Waals surface area contributed by atoms with Gasteiger partial charge in [-0.2, -0.15) is 0 Å². The third-order valence-corrected chi connectivity index (χ3v) is 11.0. The molecule has 1 aliphatic heterocycles. The van der Waals surface area contributed by atoms with Gasteiger partial charge in [-0.05, 0) is 124 Å². The molecule has 7 atom stereocenters. The molecule has 0 aromatic carbocycles. The van der Waals surface area contributed by atoms with Gasteiger partial charge in [0.25, 0.3) is 0 Å². The summed E-state index contributed by atoms with van der Waals surface area (Å²) in [5.41, 5.74) is 1.61. The molecule has 184 valence electrons. The van der Waals surface area contributed by atoms with E-state index in [0.29, 0.717) is 29.5 Å². The van der Waals surface area contributed by atoms with E-state index in [2.05, 4.69) is 24.8 Å². The second-order valence-corrected chi connectivity index (χ2v) is 12.6. The van der Waals surface area contributed by atoms with Crippen molar-refractivity contribution in [3.05, 3.63) is 11.6 Å². The minimum Gasteiger partial charge on any atom is -0.462 e. The van der Waals surface area contributed by atoms with Crippen molar-refractivity contribution in [3.8, 4) is 0 Å². The lowest BCUT2D eigenvalue weighted by molar-refractivity contribution is -0.161. The largest absolute Gasteiger partial charge is 0.462 e. The normalized spacial score (nSPS) is 43.1. The van der Waals surface area contributed by atoms with Gasteiger partial charge < -0.3 is 9.64 Å². The molecule has 5 aliphatic rings. The van der Waals surface area contributed by atoms with E-state index in [1.54, 1.807) is 6.92 Å². The van der Waals surface area contributed by atoms with E-state index in [-0.39, 0.29) is 17.5 Å². The van der Waals surface area contributed by atoms with Crippen molar-refractivity contribution in [2.45, 2.75) is 104 Å². The number of Topliss-reactive ketones (excluding diaryl/α,β-unsaturated/α-hetero) is 1. The predicted molar refractivity (Wildman–Crippen MR) is 131 cm³/mol. The average molecular weight is 456 g/mol. The van der Waals surface area contributed by atoms with Crippen LogP contribution in [0.1, 0.15) is 97.8 Å². The first-order chi connectivity index (χ1) is 15.8. The molecule has 0 radical (unpaired) electrons. The van der Waals surface area contributed by atoms with E-state index in [9.17, 15) is 9.59 Å². The van der Waals surface area contributed by atoms with Crippen LogP contribution in [-0.4, -0.2) is 42.4 Å². The van der Waals surface area contributed by atoms with Gasteiger partial charge >= 0.3 is 5.97 Å². The number of piperidine rings is 1. The molecule has 4 fully saturated rings. The number of ether oxygens (including phenoxy) is 1. The molecule has 0 amide bonds. The third-order valence-electron chi connectivity index (χ3n) is 11.0. The zero-order valence-corrected chi connectivity index (χ0v) is 21.2. The number of allylic oxidation sites excluding steroid dienone is 2. The van der Waals surface area contributed by atoms with Crippen molar-refractivity contribution < 1.29 is 14.3 Å². The zero-order chi connectivity index (χ0) is 23.2. The number of esters is 1. The second-order valence-electron chi connectivity index (χ2n) is 12.6. The van der Waals surface area contributed by atoms with Crippen LogP contribution in [0.4, 0.5) is 0 Å². The lowest BCUT2D eigenvalue weighted by Crippen LogP contribution is -2.54. The maximum Gasteiger partial charge on any atom is 0.307 e. The Balaban J connectivity index is 1.18. The van der Waals surface area contributed by atoms with Gasteiger partial charge in [-0.3, -0.25) is 9.59 Å². The van der Waals surface area contributed by atoms with E-state index >= 15 is 0 Å². The number of ketones is 1. The molecule has 3 saturated carbocycles. The highest BCUT2D eigenvalue weighted by Gasteiger charge is 2.59. The van der Waals surface area contributed by atoms with Crippen LogP contribution in [0.25, 0.3) is 0 Å². The summed E-state index contributed by atoms with van der Waals surface area (Å²) in [6, 6.07) is 0. The predicted octanol–water partition coefficient (Wildman–Crippen LogP) is 5.94. The Hall–Kier alpha value is -1.16. The summed E-state index contributed by atoms with van der Waals surface area (Å²) in [6.07, 6.45) is 16.2. The fourth-order valence-corrected chi connectivity index (χ4v) is 9.12. The second kappa shape index (κ2) is 9.13. The van der Waals surface area contributed by atoms with Crippen LogP contribution in [-0.2, 0) is 14.3 Å². The lowest BCUT2D eigenvalue weighted by atomic mass is 9.44. The van der Waals surface area contributed by atoms with Gasteiger partial charge in [0.2, 0.25) is 0 Å². The van der Waals surface area contributed by atoms with Gasteiger partial charge in [0.15, 0.2) is 5.78 Å². The quantitative estimate of drug-likeness (QED) is 0.481. The molecule has 4 aliphatic carbocycles. The van der Waals surface area contributed by atoms with Crippen molar-refractivity contribution in [2.75, 3.05) is 19.6 Å². The average Bonchev–Trinajstić information content (AvgIpc) is 3.16. The van der Waals surface area contributed by atoms with Gasteiger partial charge in [0, 0.05) is 6.54 Å². The van der Waals surface area contributed by atoms with E-state index in [4.69, 9.17) is 4.74 Å². The summed E-state index contributed by atoms with van der Waals surface area (Å²) in [5, 5.41) is 0. The fourth-order valence-electron chi connectivity index (χ4n) is 9.12. The molecule has 1 heterocycles. The Labute approximate surface area is 200 Å². The molecular formula is C29H45NO3. The first kappa shape index (κ1) is 23.6. The summed E-state index contributed by atoms with van der Waals surface area (Å²) in [4.78, 5) is 27.3. The highest BCUT2D eigenvalue weighted by molar-refractivity contribution is 5.95. The molecule has 0 spiro atoms. The highest BCUT2D eigenvalue weighted by atomic mass is 16.5. The fraction of sp³-hybridized carbons (Fsp3) is 0.862. The van der Waals surface area contributed by atoms with Crippen LogP contribution in [0.15, 0.2) is 11.6 Å². The zero-order valence-electron chi connectivity index (χ0n) is 21.2. The maximum atomic E-state index is 12.6. The number of likely N-dealkylation sites (tertiary alicyclic amines) is 1. The SMILES string of the molecule is CC(=O)C1=CC[C@@H]2[C@@H]3CC[C@H]4C[C@@H](OC(=O)CCN5CCCCC5)CC[C@]4(C)[C@@H]3CC[C@]12C. The summed E-state index contributed by atoms with van der Waals surface area (Å²) in [6.45, 7) is 9.85. The van der Waals surface area contributed by atoms with Crippen LogP contribution in [0, 0.1) is 34.5 Å². The highest BCUT2D eigenvalue weighted by Crippen LogP contribution is 2.66. The monoisotopic (exact) mass is 455 g/mol. The van der Waals surface area contributed by atoms with Crippen LogP contribution >= 0.6 is 0 Å². The molecule has 0 aromatic rings. The molecule has 0 aromatic heterocycles. The van der Waals surface area contributed by atoms with E-state index in [0.717, 1.165) is 56.3 Å². The molecule has 0 N–H and O–H groups in total. The molecule has 33 heavy (non-hydrogen) atoms. The van der Waals surface area contributed by atoms with Crippen LogP contribution in [0.2, 0.25) is 0 Å². The van der Waals surface area contributed by atoms with Gasteiger partial charge in [0.05, 0.1) is 6.42 Å². The molecule has 0 bridgehead atoms. The smallest absolute Gasteiger partial charge is 0.307 e. The molecule has 0 unspecified atom stereocenters. The maximum absolute atomic E-state index is 12.6. The van der Waals surface area contributed by atoms with Crippen molar-refractivity contribution >= 4 is 11.8 Å². The van der Waals surface area contributed by atoms with Crippen LogP contribution in [0.3, 0.4) is 0 Å². The van der Waals surface area contributed by atoms with E-state index in [1.807, 2.05) is 0 Å². The number of hydrogen-bond acceptors (Lipinski definition) is 4. The summed E-state index contributed by atoms with van der Waals surface area (Å²) >= 11 is 0. The van der Waals surface area contributed by atoms with Gasteiger partial charge in [-0.1, -0.05) is 26.3 Å². The summed E-state index contributed by atoms with van der Waals surface area (Å²) in [5.74, 6) is 3.16. The summed E-state index contributed by atoms with van der Waals surface area (Å²) in [7, 11) is 0. The Morgan fingerprint density at radius 1 is 1.03 bits per heavy atom. The number of carbonyl (C=O) groups excluding carboxylic acids is 2. The van der Waals surface area contributed by atoms with Gasteiger partial charge in [0.1, 0.15) is 6.10 Å². The topological polar surface area (TPSA) is 46.6 Å². The Morgan fingerprint density at radius 2 is 1.82 bits per heavy atom. The Morgan fingerprint density at radius 3 is 2.58 bits per heavy atom. The first-order valence-corrected chi connectivity index (χ1v) is 13.9. The molecular weight excluding hydrogens is 410 g/mol. The molecule has 4 nitrogen and oxygen atoms in total. The molecule has 4 heteroatoms. The van der Waals surface area contributed by atoms with Crippen LogP contribution in [0.5, 0.6) is 0 Å². The number of hydrogen-bond donors (Lipinski definition) is 0. The van der Waals surface area contributed by atoms with Crippen molar-refractivity contribution in [1.29, 1.82) is 0 Å². The van der Waals surface area contributed by atoms with Gasteiger partial charge in [-0.15, -0.1) is 0 Å². The Kier molecular flexibility index (Phi) is 6.52. The minimum atomic E-state index is 0.0186. The van der Waals surface area contributed by atoms with Crippen molar-refractivity contribution in [2.24, 2.45) is 34.5 Å².